The lowest BCUT2D eigenvalue weighted by Crippen LogP contribution is -2.28. The van der Waals surface area contributed by atoms with Crippen molar-refractivity contribution in [2.75, 3.05) is 58.4 Å². The molecule has 31 heavy (non-hydrogen) atoms. The highest BCUT2D eigenvalue weighted by atomic mass is 35.5. The predicted molar refractivity (Wildman–Crippen MR) is 134 cm³/mol. The van der Waals surface area contributed by atoms with Crippen molar-refractivity contribution in [2.45, 2.75) is 33.6 Å². The predicted octanol–water partition coefficient (Wildman–Crippen LogP) is 3.41. The maximum atomic E-state index is 9.67. The Morgan fingerprint density at radius 2 is 1.35 bits per heavy atom. The zero-order valence-corrected chi connectivity index (χ0v) is 20.2. The average Bonchev–Trinajstić information content (AvgIpc) is 2.65. The zero-order chi connectivity index (χ0) is 23.5. The summed E-state index contributed by atoms with van der Waals surface area (Å²) in [4.78, 5) is 0. The number of halogens is 8. The minimum atomic E-state index is -3.67. The minimum absolute atomic E-state index is 0. The minimum Gasteiger partial charge on any atom is -0.379 e. The van der Waals surface area contributed by atoms with Gasteiger partial charge in [0.25, 0.3) is 0 Å². The van der Waals surface area contributed by atoms with Crippen LogP contribution in [0.3, 0.4) is 0 Å². The lowest BCUT2D eigenvalue weighted by molar-refractivity contribution is 0.0781. The van der Waals surface area contributed by atoms with Crippen LogP contribution in [0.5, 0.6) is 0 Å². The summed E-state index contributed by atoms with van der Waals surface area (Å²) in [5.41, 5.74) is 0. The van der Waals surface area contributed by atoms with Gasteiger partial charge in [0.2, 0.25) is 0 Å². The molecule has 0 radical (unpaired) electrons. The zero-order valence-electron chi connectivity index (χ0n) is 17.7. The smallest absolute Gasteiger partial charge is 0.379 e. The van der Waals surface area contributed by atoms with E-state index in [-0.39, 0.29) is 15.7 Å². The third-order valence-electron chi connectivity index (χ3n) is 2.70. The van der Waals surface area contributed by atoms with E-state index in [1.807, 2.05) is 8.61 Å². The van der Waals surface area contributed by atoms with Crippen molar-refractivity contribution in [3.8, 4) is 0 Å². The molecule has 1 fully saturated rings. The normalized spacial score (nSPS) is 11.9. The number of unbranched alkanes of at least 4 members (excludes halogenated alkanes) is 1. The van der Waals surface area contributed by atoms with Crippen LogP contribution in [0.4, 0.5) is 30.6 Å². The molecule has 0 atom stereocenters. The summed E-state index contributed by atoms with van der Waals surface area (Å²) < 4.78 is 67.0. The van der Waals surface area contributed by atoms with E-state index in [0.29, 0.717) is 0 Å². The average molecular weight is 548 g/mol. The summed E-state index contributed by atoms with van der Waals surface area (Å²) in [5, 5.41) is 3.22. The monoisotopic (exact) mass is 547 g/mol. The summed E-state index contributed by atoms with van der Waals surface area (Å²) in [7, 11) is -7.33. The van der Waals surface area contributed by atoms with Gasteiger partial charge in [-0.05, 0) is 36.9 Å². The van der Waals surface area contributed by atoms with E-state index in [9.17, 15) is 25.9 Å². The topological polar surface area (TPSA) is 27.7 Å². The van der Waals surface area contributed by atoms with E-state index in [0.717, 1.165) is 64.8 Å². The number of morpholine rings is 1. The fourth-order valence-electron chi connectivity index (χ4n) is 1.30. The van der Waals surface area contributed by atoms with Crippen molar-refractivity contribution in [1.82, 2.24) is 13.9 Å². The van der Waals surface area contributed by atoms with Crippen LogP contribution in [0, 0.1) is 0 Å². The second-order valence-electron chi connectivity index (χ2n) is 4.95. The van der Waals surface area contributed by atoms with Gasteiger partial charge in [0.05, 0.1) is 13.2 Å². The van der Waals surface area contributed by atoms with Crippen LogP contribution in [-0.4, -0.2) is 93.0 Å². The first-order valence-corrected chi connectivity index (χ1v) is 10.5. The Hall–Kier alpha value is 0.687. The van der Waals surface area contributed by atoms with E-state index in [1.54, 1.807) is 0 Å². The summed E-state index contributed by atoms with van der Waals surface area (Å²) in [6, 6.07) is 0. The van der Waals surface area contributed by atoms with Crippen molar-refractivity contribution in [3.63, 3.8) is 0 Å². The van der Waals surface area contributed by atoms with Crippen LogP contribution >= 0.6 is 37.2 Å². The van der Waals surface area contributed by atoms with E-state index in [2.05, 4.69) is 51.7 Å². The van der Waals surface area contributed by atoms with Gasteiger partial charge in [-0.2, -0.15) is 0 Å². The molecule has 0 saturated carbocycles. The molecule has 0 aromatic carbocycles. The standard InChI is InChI=1S/C6H14ClN.C4H9NOS.C4H11NS.2BF3.FH.H4Si/c1-2-8-6-4-3-5-7;7-5-1-3-6-4-2-5;1-3-5(6)4-2;2*2-1(3)4;;/h8H,2-6H2,1H3;7H,1-4H2;6H,3-4H2,1-2H3;;;1H;1H4. The number of nitrogens with zero attached hydrogens (tertiary/aromatic N) is 2. The molecule has 1 N–H and O–H groups in total. The molecule has 1 saturated heterocycles. The van der Waals surface area contributed by atoms with Crippen LogP contribution in [0.15, 0.2) is 0 Å². The molecule has 0 aromatic heterocycles. The Labute approximate surface area is 204 Å². The van der Waals surface area contributed by atoms with Crippen LogP contribution < -0.4 is 5.32 Å². The maximum Gasteiger partial charge on any atom is 0.762 e. The van der Waals surface area contributed by atoms with Gasteiger partial charge in [-0.3, -0.25) is 34.9 Å². The molecule has 0 unspecified atom stereocenters. The molecule has 4 nitrogen and oxygen atoms in total. The molecule has 17 heteroatoms. The lowest BCUT2D eigenvalue weighted by atomic mass is 10.3. The summed E-state index contributed by atoms with van der Waals surface area (Å²) in [6.07, 6.45) is 2.34. The van der Waals surface area contributed by atoms with Crippen LogP contribution in [-0.2, 0) is 4.74 Å². The van der Waals surface area contributed by atoms with Crippen molar-refractivity contribution in [3.05, 3.63) is 0 Å². The first-order valence-electron chi connectivity index (χ1n) is 9.15. The summed E-state index contributed by atoms with van der Waals surface area (Å²) >= 11 is 13.6. The van der Waals surface area contributed by atoms with Crippen molar-refractivity contribution < 1.29 is 35.3 Å². The van der Waals surface area contributed by atoms with Crippen molar-refractivity contribution in [2.24, 2.45) is 0 Å². The molecule has 194 valence electrons. The largest absolute Gasteiger partial charge is 0.762 e. The number of alkyl halides is 1. The van der Waals surface area contributed by atoms with Gasteiger partial charge < -0.3 is 10.1 Å². The molecule has 0 aromatic rings. The van der Waals surface area contributed by atoms with Gasteiger partial charge in [-0.1, -0.05) is 46.4 Å². The third kappa shape index (κ3) is 80.7. The fourth-order valence-corrected chi connectivity index (χ4v) is 1.65. The van der Waals surface area contributed by atoms with E-state index >= 15 is 0 Å². The van der Waals surface area contributed by atoms with Crippen LogP contribution in [0.1, 0.15) is 33.6 Å². The quantitative estimate of drug-likeness (QED) is 0.150. The molecule has 0 bridgehead atoms. The van der Waals surface area contributed by atoms with E-state index in [4.69, 9.17) is 16.3 Å². The summed E-state index contributed by atoms with van der Waals surface area (Å²) in [5.74, 6) is 0.797. The molecule has 1 aliphatic heterocycles. The number of hydrogen-bond donors (Lipinski definition) is 3. The highest BCUT2D eigenvalue weighted by Crippen LogP contribution is 1.97. The van der Waals surface area contributed by atoms with Crippen molar-refractivity contribution >= 4 is 63.3 Å². The van der Waals surface area contributed by atoms with E-state index in [1.165, 1.54) is 6.42 Å². The van der Waals surface area contributed by atoms with Crippen molar-refractivity contribution in [1.29, 1.82) is 0 Å². The molecular weight excluding hydrogens is 508 g/mol. The van der Waals surface area contributed by atoms with Gasteiger partial charge in [0.15, 0.2) is 0 Å². The lowest BCUT2D eigenvalue weighted by Gasteiger charge is -2.19. The number of rotatable bonds is 7. The first kappa shape index (κ1) is 45.2. The Balaban J connectivity index is -0.0000000636. The van der Waals surface area contributed by atoms with Crippen LogP contribution in [0.25, 0.3) is 0 Å². The summed E-state index contributed by atoms with van der Waals surface area (Å²) in [6.45, 7) is 14.1. The van der Waals surface area contributed by atoms with Gasteiger partial charge in [-0.15, -0.1) is 11.6 Å². The number of thiol groups is 2. The van der Waals surface area contributed by atoms with Gasteiger partial charge >= 0.3 is 15.1 Å². The molecule has 1 rings (SSSR count). The first-order chi connectivity index (χ1) is 13.6. The number of nitrogens with one attached hydrogen (secondary N) is 1. The van der Waals surface area contributed by atoms with Crippen LogP contribution in [0.2, 0.25) is 0 Å². The molecule has 0 spiro atoms. The van der Waals surface area contributed by atoms with Gasteiger partial charge in [0, 0.05) is 32.1 Å². The van der Waals surface area contributed by atoms with Gasteiger partial charge in [-0.25, -0.2) is 4.31 Å². The molecule has 1 heterocycles. The molecule has 1 aliphatic rings. The Bertz CT molecular complexity index is 273. The Morgan fingerprint density at radius 3 is 1.55 bits per heavy atom. The highest BCUT2D eigenvalue weighted by Gasteiger charge is 2.06. The Morgan fingerprint density at radius 1 is 0.968 bits per heavy atom. The molecule has 0 aliphatic carbocycles. The maximum absolute atomic E-state index is 9.67. The highest BCUT2D eigenvalue weighted by molar-refractivity contribution is 7.77. The van der Waals surface area contributed by atoms with Gasteiger partial charge in [0.1, 0.15) is 0 Å². The third-order valence-corrected chi connectivity index (χ3v) is 3.94. The SMILES string of the molecule is CCN(S)CC.CCNCCCCCl.F.FB(F)F.FB(F)F.SN1CCOCC1.[SiH4]. The molecular formula is C14H39B2ClF7N3OS2Si. The second-order valence-corrected chi connectivity index (χ2v) is 6.46. The second kappa shape index (κ2) is 41.0. The molecule has 0 amide bonds. The Kier molecular flexibility index (Phi) is 59.8. The number of ether oxygens (including phenoxy) is 1. The fraction of sp³-hybridized carbons (Fsp3) is 1.00. The number of hydrogen-bond acceptors (Lipinski definition) is 6. The van der Waals surface area contributed by atoms with E-state index < -0.39 is 15.1 Å².